The lowest BCUT2D eigenvalue weighted by Gasteiger charge is -2.31. The van der Waals surface area contributed by atoms with Crippen molar-refractivity contribution in [1.29, 1.82) is 0 Å². The predicted octanol–water partition coefficient (Wildman–Crippen LogP) is 2.14. The van der Waals surface area contributed by atoms with Gasteiger partial charge in [-0.1, -0.05) is 31.0 Å². The summed E-state index contributed by atoms with van der Waals surface area (Å²) < 4.78 is 19.3. The highest BCUT2D eigenvalue weighted by molar-refractivity contribution is 5.83. The molecule has 0 saturated heterocycles. The third-order valence-corrected chi connectivity index (χ3v) is 3.67. The molecular formula is C16H24FNO3. The first-order valence-corrected chi connectivity index (χ1v) is 7.35. The van der Waals surface area contributed by atoms with Gasteiger partial charge >= 0.3 is 5.97 Å². The van der Waals surface area contributed by atoms with Crippen LogP contribution in [0.25, 0.3) is 0 Å². The van der Waals surface area contributed by atoms with Crippen molar-refractivity contribution in [2.75, 3.05) is 19.8 Å². The Labute approximate surface area is 125 Å². The van der Waals surface area contributed by atoms with Crippen LogP contribution in [-0.4, -0.2) is 30.8 Å². The molecule has 0 heterocycles. The Bertz CT molecular complexity index is 453. The molecule has 0 bridgehead atoms. The minimum atomic E-state index is -1.16. The molecule has 0 spiro atoms. The molecule has 1 unspecified atom stereocenters. The van der Waals surface area contributed by atoms with Gasteiger partial charge in [0.2, 0.25) is 0 Å². The number of aliphatic hydroxyl groups excluding tert-OH is 1. The van der Waals surface area contributed by atoms with Crippen molar-refractivity contribution in [1.82, 2.24) is 0 Å². The number of aliphatic hydroxyl groups is 1. The molecule has 0 fully saturated rings. The predicted molar refractivity (Wildman–Crippen MR) is 79.3 cm³/mol. The molecule has 1 aromatic carbocycles. The first kappa shape index (κ1) is 17.6. The Morgan fingerprint density at radius 1 is 1.33 bits per heavy atom. The zero-order chi connectivity index (χ0) is 15.7. The molecule has 5 heteroatoms. The Morgan fingerprint density at radius 3 is 2.62 bits per heavy atom. The topological polar surface area (TPSA) is 72.5 Å². The van der Waals surface area contributed by atoms with Gasteiger partial charge in [-0.05, 0) is 25.8 Å². The van der Waals surface area contributed by atoms with Crippen molar-refractivity contribution in [2.45, 2.75) is 38.0 Å². The number of benzene rings is 1. The summed E-state index contributed by atoms with van der Waals surface area (Å²) in [7, 11) is 0. The van der Waals surface area contributed by atoms with Crippen molar-refractivity contribution in [3.8, 4) is 0 Å². The normalized spacial score (nSPS) is 13.7. The van der Waals surface area contributed by atoms with Crippen LogP contribution >= 0.6 is 0 Å². The smallest absolute Gasteiger partial charge is 0.317 e. The minimum Gasteiger partial charge on any atom is -0.465 e. The van der Waals surface area contributed by atoms with E-state index in [0.29, 0.717) is 19.3 Å². The van der Waals surface area contributed by atoms with Crippen molar-refractivity contribution in [3.63, 3.8) is 0 Å². The quantitative estimate of drug-likeness (QED) is 0.541. The lowest BCUT2D eigenvalue weighted by Crippen LogP contribution is -2.45. The Hall–Kier alpha value is -1.46. The van der Waals surface area contributed by atoms with Gasteiger partial charge in [0.1, 0.15) is 11.2 Å². The van der Waals surface area contributed by atoms with E-state index >= 15 is 0 Å². The number of rotatable bonds is 9. The minimum absolute atomic E-state index is 0.00804. The average molecular weight is 297 g/mol. The van der Waals surface area contributed by atoms with Crippen LogP contribution < -0.4 is 5.73 Å². The summed E-state index contributed by atoms with van der Waals surface area (Å²) in [6.45, 7) is 2.04. The van der Waals surface area contributed by atoms with Gasteiger partial charge < -0.3 is 15.6 Å². The summed E-state index contributed by atoms with van der Waals surface area (Å²) >= 11 is 0. The zero-order valence-corrected chi connectivity index (χ0v) is 12.5. The third kappa shape index (κ3) is 4.25. The Balaban J connectivity index is 3.07. The van der Waals surface area contributed by atoms with E-state index in [0.717, 1.165) is 6.42 Å². The van der Waals surface area contributed by atoms with Crippen LogP contribution in [0, 0.1) is 5.82 Å². The van der Waals surface area contributed by atoms with E-state index in [9.17, 15) is 9.18 Å². The molecule has 1 atom stereocenters. The van der Waals surface area contributed by atoms with E-state index in [1.165, 1.54) is 6.07 Å². The lowest BCUT2D eigenvalue weighted by atomic mass is 9.76. The SMILES string of the molecule is CCOC(=O)C(CN)(CCCCCO)c1ccccc1F. The van der Waals surface area contributed by atoms with E-state index in [4.69, 9.17) is 15.6 Å². The molecule has 1 rings (SSSR count). The van der Waals surface area contributed by atoms with Crippen molar-refractivity contribution >= 4 is 5.97 Å². The molecular weight excluding hydrogens is 273 g/mol. The van der Waals surface area contributed by atoms with Gasteiger partial charge in [-0.2, -0.15) is 0 Å². The highest BCUT2D eigenvalue weighted by atomic mass is 19.1. The zero-order valence-electron chi connectivity index (χ0n) is 12.5. The van der Waals surface area contributed by atoms with Gasteiger partial charge in [-0.25, -0.2) is 4.39 Å². The van der Waals surface area contributed by atoms with E-state index in [-0.39, 0.29) is 25.3 Å². The van der Waals surface area contributed by atoms with Gasteiger partial charge in [0.15, 0.2) is 0 Å². The molecule has 0 aliphatic carbocycles. The van der Waals surface area contributed by atoms with E-state index < -0.39 is 17.2 Å². The maximum Gasteiger partial charge on any atom is 0.317 e. The van der Waals surface area contributed by atoms with Gasteiger partial charge in [0.05, 0.1) is 6.61 Å². The highest BCUT2D eigenvalue weighted by Crippen LogP contribution is 2.33. The van der Waals surface area contributed by atoms with Gasteiger partial charge in [-0.3, -0.25) is 4.79 Å². The number of hydrogen-bond donors (Lipinski definition) is 2. The molecule has 0 amide bonds. The van der Waals surface area contributed by atoms with Crippen LogP contribution in [0.2, 0.25) is 0 Å². The summed E-state index contributed by atoms with van der Waals surface area (Å²) in [4.78, 5) is 12.4. The second kappa shape index (κ2) is 8.74. The van der Waals surface area contributed by atoms with Crippen molar-refractivity contribution in [2.24, 2.45) is 5.73 Å². The van der Waals surface area contributed by atoms with E-state index in [1.54, 1.807) is 25.1 Å². The molecule has 1 aromatic rings. The number of hydrogen-bond acceptors (Lipinski definition) is 4. The van der Waals surface area contributed by atoms with E-state index in [1.807, 2.05) is 0 Å². The fraction of sp³-hybridized carbons (Fsp3) is 0.562. The maximum absolute atomic E-state index is 14.1. The maximum atomic E-state index is 14.1. The van der Waals surface area contributed by atoms with Gasteiger partial charge in [0.25, 0.3) is 0 Å². The van der Waals surface area contributed by atoms with Gasteiger partial charge in [-0.15, -0.1) is 0 Å². The first-order valence-electron chi connectivity index (χ1n) is 7.35. The molecule has 21 heavy (non-hydrogen) atoms. The fourth-order valence-corrected chi connectivity index (χ4v) is 2.48. The highest BCUT2D eigenvalue weighted by Gasteiger charge is 2.41. The molecule has 0 aliphatic rings. The summed E-state index contributed by atoms with van der Waals surface area (Å²) in [6, 6.07) is 6.19. The second-order valence-corrected chi connectivity index (χ2v) is 5.02. The Morgan fingerprint density at radius 2 is 2.05 bits per heavy atom. The molecule has 0 aliphatic heterocycles. The Kier molecular flexibility index (Phi) is 7.32. The number of nitrogens with two attached hydrogens (primary N) is 1. The largest absolute Gasteiger partial charge is 0.465 e. The van der Waals surface area contributed by atoms with Crippen LogP contribution in [0.3, 0.4) is 0 Å². The number of unbranched alkanes of at least 4 members (excludes halogenated alkanes) is 2. The molecule has 0 radical (unpaired) electrons. The summed E-state index contributed by atoms with van der Waals surface area (Å²) in [5, 5.41) is 8.83. The average Bonchev–Trinajstić information content (AvgIpc) is 2.49. The molecule has 0 saturated carbocycles. The summed E-state index contributed by atoms with van der Waals surface area (Å²) in [5.74, 6) is -0.931. The van der Waals surface area contributed by atoms with Crippen LogP contribution in [0.1, 0.15) is 38.2 Å². The number of ether oxygens (including phenoxy) is 1. The number of halogens is 1. The number of esters is 1. The summed E-state index contributed by atoms with van der Waals surface area (Å²) in [6.07, 6.45) is 2.49. The van der Waals surface area contributed by atoms with Crippen molar-refractivity contribution in [3.05, 3.63) is 35.6 Å². The van der Waals surface area contributed by atoms with Crippen LogP contribution in [0.15, 0.2) is 24.3 Å². The lowest BCUT2D eigenvalue weighted by molar-refractivity contribution is -0.150. The molecule has 4 nitrogen and oxygen atoms in total. The number of carbonyl (C=O) groups is 1. The van der Waals surface area contributed by atoms with Crippen LogP contribution in [-0.2, 0) is 14.9 Å². The second-order valence-electron chi connectivity index (χ2n) is 5.02. The van der Waals surface area contributed by atoms with Crippen LogP contribution in [0.4, 0.5) is 4.39 Å². The number of carbonyl (C=O) groups excluding carboxylic acids is 1. The van der Waals surface area contributed by atoms with Crippen LogP contribution in [0.5, 0.6) is 0 Å². The summed E-state index contributed by atoms with van der Waals surface area (Å²) in [5.41, 5.74) is 4.97. The fourth-order valence-electron chi connectivity index (χ4n) is 2.48. The standard InChI is InChI=1S/C16H24FNO3/c1-2-21-15(20)16(12-18,10-6-3-7-11-19)13-8-4-5-9-14(13)17/h4-5,8-9,19H,2-3,6-7,10-12,18H2,1H3. The molecule has 3 N–H and O–H groups in total. The third-order valence-electron chi connectivity index (χ3n) is 3.67. The van der Waals surface area contributed by atoms with E-state index in [2.05, 4.69) is 0 Å². The molecule has 118 valence electrons. The monoisotopic (exact) mass is 297 g/mol. The van der Waals surface area contributed by atoms with Gasteiger partial charge in [0, 0.05) is 18.7 Å². The molecule has 0 aromatic heterocycles. The van der Waals surface area contributed by atoms with Crippen molar-refractivity contribution < 1.29 is 19.0 Å². The first-order chi connectivity index (χ1) is 10.1.